The standard InChI is InChI=1S/C19H24N2O4S/c1-13(2)12-20-19(22)15-6-5-14(3)18(11-15)26(23,24)21-16-7-9-17(25-4)10-8-16/h5-11,13,21H,12H2,1-4H3,(H,20,22). The fourth-order valence-corrected chi connectivity index (χ4v) is 3.63. The molecule has 2 aromatic rings. The first kappa shape index (κ1) is 19.8. The van der Waals surface area contributed by atoms with E-state index in [1.165, 1.54) is 6.07 Å². The topological polar surface area (TPSA) is 84.5 Å². The van der Waals surface area contributed by atoms with Gasteiger partial charge in [-0.2, -0.15) is 0 Å². The summed E-state index contributed by atoms with van der Waals surface area (Å²) in [6, 6.07) is 11.2. The number of hydrogen-bond acceptors (Lipinski definition) is 4. The van der Waals surface area contributed by atoms with Crippen molar-refractivity contribution in [3.05, 3.63) is 53.6 Å². The summed E-state index contributed by atoms with van der Waals surface area (Å²) in [7, 11) is -2.28. The lowest BCUT2D eigenvalue weighted by Gasteiger charge is -2.13. The predicted molar refractivity (Wildman–Crippen MR) is 102 cm³/mol. The van der Waals surface area contributed by atoms with E-state index in [1.807, 2.05) is 13.8 Å². The second kappa shape index (κ2) is 8.23. The summed E-state index contributed by atoms with van der Waals surface area (Å²) in [5.41, 5.74) is 1.29. The summed E-state index contributed by atoms with van der Waals surface area (Å²) >= 11 is 0. The number of hydrogen-bond donors (Lipinski definition) is 2. The Bertz CT molecular complexity index is 875. The Hall–Kier alpha value is -2.54. The summed E-state index contributed by atoms with van der Waals surface area (Å²) in [6.45, 7) is 6.20. The Kier molecular flexibility index (Phi) is 6.26. The number of carbonyl (C=O) groups is 1. The molecule has 0 heterocycles. The van der Waals surface area contributed by atoms with Crippen LogP contribution in [0.2, 0.25) is 0 Å². The van der Waals surface area contributed by atoms with Gasteiger partial charge in [-0.1, -0.05) is 19.9 Å². The van der Waals surface area contributed by atoms with Crippen molar-refractivity contribution < 1.29 is 17.9 Å². The molecule has 0 saturated carbocycles. The molecule has 0 atom stereocenters. The normalized spacial score (nSPS) is 11.3. The van der Waals surface area contributed by atoms with Crippen molar-refractivity contribution in [2.45, 2.75) is 25.7 Å². The zero-order valence-corrected chi connectivity index (χ0v) is 16.2. The van der Waals surface area contributed by atoms with E-state index in [0.29, 0.717) is 35.0 Å². The van der Waals surface area contributed by atoms with Gasteiger partial charge in [-0.15, -0.1) is 0 Å². The largest absolute Gasteiger partial charge is 0.497 e. The molecule has 0 aliphatic rings. The first-order valence-corrected chi connectivity index (χ1v) is 9.77. The second-order valence-corrected chi connectivity index (χ2v) is 8.07. The van der Waals surface area contributed by atoms with Gasteiger partial charge in [-0.05, 0) is 54.8 Å². The van der Waals surface area contributed by atoms with Crippen molar-refractivity contribution in [1.82, 2.24) is 5.32 Å². The van der Waals surface area contributed by atoms with E-state index in [9.17, 15) is 13.2 Å². The maximum Gasteiger partial charge on any atom is 0.262 e. The van der Waals surface area contributed by atoms with E-state index in [4.69, 9.17) is 4.74 Å². The summed E-state index contributed by atoms with van der Waals surface area (Å²) in [5, 5.41) is 2.79. The van der Waals surface area contributed by atoms with Gasteiger partial charge >= 0.3 is 0 Å². The van der Waals surface area contributed by atoms with Crippen LogP contribution < -0.4 is 14.8 Å². The van der Waals surface area contributed by atoms with Gasteiger partial charge in [-0.25, -0.2) is 8.42 Å². The molecule has 2 N–H and O–H groups in total. The highest BCUT2D eigenvalue weighted by atomic mass is 32.2. The molecule has 0 bridgehead atoms. The molecule has 140 valence electrons. The highest BCUT2D eigenvalue weighted by molar-refractivity contribution is 7.92. The van der Waals surface area contributed by atoms with Gasteiger partial charge in [0.15, 0.2) is 0 Å². The summed E-state index contributed by atoms with van der Waals surface area (Å²) in [6.07, 6.45) is 0. The fourth-order valence-electron chi connectivity index (χ4n) is 2.30. The Balaban J connectivity index is 2.27. The Morgan fingerprint density at radius 1 is 1.12 bits per heavy atom. The number of nitrogens with one attached hydrogen (secondary N) is 2. The molecule has 0 spiro atoms. The average Bonchev–Trinajstić information content (AvgIpc) is 2.60. The van der Waals surface area contributed by atoms with Gasteiger partial charge < -0.3 is 10.1 Å². The van der Waals surface area contributed by atoms with Crippen molar-refractivity contribution >= 4 is 21.6 Å². The van der Waals surface area contributed by atoms with Crippen LogP contribution in [0.3, 0.4) is 0 Å². The van der Waals surface area contributed by atoms with Crippen LogP contribution >= 0.6 is 0 Å². The van der Waals surface area contributed by atoms with E-state index in [2.05, 4.69) is 10.0 Å². The van der Waals surface area contributed by atoms with Crippen molar-refractivity contribution in [3.63, 3.8) is 0 Å². The number of sulfonamides is 1. The molecule has 1 amide bonds. The number of methoxy groups -OCH3 is 1. The zero-order valence-electron chi connectivity index (χ0n) is 15.4. The third kappa shape index (κ3) is 4.98. The molecule has 6 nitrogen and oxygen atoms in total. The van der Waals surface area contributed by atoms with E-state index in [1.54, 1.807) is 50.4 Å². The lowest BCUT2D eigenvalue weighted by atomic mass is 10.1. The monoisotopic (exact) mass is 376 g/mol. The van der Waals surface area contributed by atoms with E-state index < -0.39 is 10.0 Å². The van der Waals surface area contributed by atoms with Crippen LogP contribution in [0.1, 0.15) is 29.8 Å². The van der Waals surface area contributed by atoms with E-state index >= 15 is 0 Å². The third-order valence-electron chi connectivity index (χ3n) is 3.75. The number of aryl methyl sites for hydroxylation is 1. The molecule has 0 aliphatic heterocycles. The van der Waals surface area contributed by atoms with Gasteiger partial charge in [0.05, 0.1) is 12.0 Å². The fraction of sp³-hybridized carbons (Fsp3) is 0.316. The van der Waals surface area contributed by atoms with Gasteiger partial charge in [0.25, 0.3) is 15.9 Å². The lowest BCUT2D eigenvalue weighted by molar-refractivity contribution is 0.0949. The van der Waals surface area contributed by atoms with Gasteiger partial charge in [0.2, 0.25) is 0 Å². The molecule has 0 aliphatic carbocycles. The highest BCUT2D eigenvalue weighted by Crippen LogP contribution is 2.22. The maximum atomic E-state index is 12.7. The molecule has 2 rings (SSSR count). The molecule has 26 heavy (non-hydrogen) atoms. The van der Waals surface area contributed by atoms with Crippen molar-refractivity contribution in [2.24, 2.45) is 5.92 Å². The van der Waals surface area contributed by atoms with Crippen LogP contribution in [0.5, 0.6) is 5.75 Å². The van der Waals surface area contributed by atoms with Crippen molar-refractivity contribution in [2.75, 3.05) is 18.4 Å². The molecule has 2 aromatic carbocycles. The number of benzene rings is 2. The lowest BCUT2D eigenvalue weighted by Crippen LogP contribution is -2.27. The van der Waals surface area contributed by atoms with Crippen LogP contribution in [0, 0.1) is 12.8 Å². The minimum absolute atomic E-state index is 0.0746. The Morgan fingerprint density at radius 2 is 1.77 bits per heavy atom. The molecule has 7 heteroatoms. The Morgan fingerprint density at radius 3 is 2.35 bits per heavy atom. The van der Waals surface area contributed by atoms with Crippen LogP contribution in [0.15, 0.2) is 47.4 Å². The number of amides is 1. The molecular formula is C19H24N2O4S. The van der Waals surface area contributed by atoms with Gasteiger partial charge in [0.1, 0.15) is 5.75 Å². The Labute approximate surface area is 154 Å². The van der Waals surface area contributed by atoms with Gasteiger partial charge in [0, 0.05) is 17.8 Å². The summed E-state index contributed by atoms with van der Waals surface area (Å²) < 4.78 is 33.1. The molecule has 0 saturated heterocycles. The van der Waals surface area contributed by atoms with E-state index in [-0.39, 0.29) is 10.8 Å². The number of ether oxygens (including phenoxy) is 1. The van der Waals surface area contributed by atoms with Crippen molar-refractivity contribution in [1.29, 1.82) is 0 Å². The SMILES string of the molecule is COc1ccc(NS(=O)(=O)c2cc(C(=O)NCC(C)C)ccc2C)cc1. The predicted octanol–water partition coefficient (Wildman–Crippen LogP) is 3.19. The first-order valence-electron chi connectivity index (χ1n) is 8.28. The van der Waals surface area contributed by atoms with Crippen molar-refractivity contribution in [3.8, 4) is 5.75 Å². The second-order valence-electron chi connectivity index (χ2n) is 6.42. The molecule has 0 fully saturated rings. The zero-order chi connectivity index (χ0) is 19.3. The number of carbonyl (C=O) groups excluding carboxylic acids is 1. The van der Waals surface area contributed by atoms with Crippen LogP contribution in [0.25, 0.3) is 0 Å². The summed E-state index contributed by atoms with van der Waals surface area (Å²) in [5.74, 6) is 0.650. The molecule has 0 radical (unpaired) electrons. The minimum atomic E-state index is -3.82. The van der Waals surface area contributed by atoms with E-state index in [0.717, 1.165) is 0 Å². The summed E-state index contributed by atoms with van der Waals surface area (Å²) in [4.78, 5) is 12.3. The number of anilines is 1. The quantitative estimate of drug-likeness (QED) is 0.777. The average molecular weight is 376 g/mol. The number of rotatable bonds is 7. The minimum Gasteiger partial charge on any atom is -0.497 e. The highest BCUT2D eigenvalue weighted by Gasteiger charge is 2.19. The van der Waals surface area contributed by atoms with Crippen LogP contribution in [-0.4, -0.2) is 28.0 Å². The smallest absolute Gasteiger partial charge is 0.262 e. The van der Waals surface area contributed by atoms with Crippen LogP contribution in [-0.2, 0) is 10.0 Å². The maximum absolute atomic E-state index is 12.7. The third-order valence-corrected chi connectivity index (χ3v) is 5.28. The molecule has 0 aromatic heterocycles. The van der Waals surface area contributed by atoms with Gasteiger partial charge in [-0.3, -0.25) is 9.52 Å². The van der Waals surface area contributed by atoms with Crippen LogP contribution in [0.4, 0.5) is 5.69 Å². The molecular weight excluding hydrogens is 352 g/mol. The molecule has 0 unspecified atom stereocenters. The first-order chi connectivity index (χ1) is 12.2.